The van der Waals surface area contributed by atoms with Gasteiger partial charge in [0.25, 0.3) is 0 Å². The van der Waals surface area contributed by atoms with Crippen LogP contribution in [0.5, 0.6) is 0 Å². The number of halogens is 6. The molecular weight excluding hydrogens is 331 g/mol. The van der Waals surface area contributed by atoms with E-state index in [1.165, 1.54) is 6.07 Å². The molecule has 1 heterocycles. The first-order chi connectivity index (χ1) is 8.88. The summed E-state index contributed by atoms with van der Waals surface area (Å²) in [6.45, 7) is 4.90. The van der Waals surface area contributed by atoms with Crippen molar-refractivity contribution >= 4 is 24.8 Å². The molecule has 1 saturated heterocycles. The van der Waals surface area contributed by atoms with Gasteiger partial charge in [-0.15, -0.1) is 24.8 Å². The Morgan fingerprint density at radius 2 is 1.67 bits per heavy atom. The molecule has 8 heteroatoms. The number of piperazine rings is 1. The minimum atomic E-state index is -4.51. The molecule has 0 aliphatic carbocycles. The van der Waals surface area contributed by atoms with E-state index in [0.29, 0.717) is 11.6 Å². The Morgan fingerprint density at radius 3 is 2.19 bits per heavy atom. The van der Waals surface area contributed by atoms with E-state index in [1.807, 2.05) is 4.90 Å². The minimum absolute atomic E-state index is 0. The first-order valence-electron chi connectivity index (χ1n) is 6.20. The summed E-state index contributed by atoms with van der Waals surface area (Å²) in [4.78, 5) is 2.05. The molecule has 0 bridgehead atoms. The van der Waals surface area contributed by atoms with Gasteiger partial charge in [-0.25, -0.2) is 4.39 Å². The maximum atomic E-state index is 13.4. The lowest BCUT2D eigenvalue weighted by Crippen LogP contribution is -2.44. The summed E-state index contributed by atoms with van der Waals surface area (Å²) >= 11 is 0. The molecular formula is C13H18Cl2F4N2. The van der Waals surface area contributed by atoms with E-state index < -0.39 is 17.6 Å². The summed E-state index contributed by atoms with van der Waals surface area (Å²) in [5, 5.41) is 3.17. The van der Waals surface area contributed by atoms with Crippen LogP contribution >= 0.6 is 24.8 Å². The van der Waals surface area contributed by atoms with Crippen LogP contribution < -0.4 is 5.32 Å². The molecule has 0 spiro atoms. The van der Waals surface area contributed by atoms with Gasteiger partial charge in [0.05, 0.1) is 5.56 Å². The van der Waals surface area contributed by atoms with Crippen LogP contribution in [0.1, 0.15) is 24.1 Å². The standard InChI is InChI=1S/C13H16F4N2.2ClH/c1-9(19-4-2-18-3-5-19)10-6-11(13(15,16)17)8-12(14)7-10;;/h6-9,18H,2-5H2,1H3;2*1H/t9-;;/m1../s1. The molecule has 1 atom stereocenters. The van der Waals surface area contributed by atoms with Gasteiger partial charge in [0.1, 0.15) is 5.82 Å². The average molecular weight is 349 g/mol. The fourth-order valence-electron chi connectivity index (χ4n) is 2.30. The maximum Gasteiger partial charge on any atom is 0.416 e. The van der Waals surface area contributed by atoms with Crippen LogP contribution in [0, 0.1) is 5.82 Å². The highest BCUT2D eigenvalue weighted by Crippen LogP contribution is 2.32. The van der Waals surface area contributed by atoms with Crippen LogP contribution in [0.4, 0.5) is 17.6 Å². The van der Waals surface area contributed by atoms with Crippen molar-refractivity contribution in [1.29, 1.82) is 0 Å². The normalized spacial score (nSPS) is 17.6. The summed E-state index contributed by atoms with van der Waals surface area (Å²) < 4.78 is 51.3. The third kappa shape index (κ3) is 5.29. The van der Waals surface area contributed by atoms with E-state index >= 15 is 0 Å². The lowest BCUT2D eigenvalue weighted by atomic mass is 10.0. The van der Waals surface area contributed by atoms with E-state index in [9.17, 15) is 17.6 Å². The predicted molar refractivity (Wildman–Crippen MR) is 78.8 cm³/mol. The molecule has 1 fully saturated rings. The highest BCUT2D eigenvalue weighted by Gasteiger charge is 2.32. The minimum Gasteiger partial charge on any atom is -0.314 e. The Balaban J connectivity index is 0.00000200. The van der Waals surface area contributed by atoms with Gasteiger partial charge in [-0.3, -0.25) is 4.90 Å². The Morgan fingerprint density at radius 1 is 1.10 bits per heavy atom. The van der Waals surface area contributed by atoms with Gasteiger partial charge in [-0.2, -0.15) is 13.2 Å². The number of alkyl halides is 3. The van der Waals surface area contributed by atoms with Crippen molar-refractivity contribution in [2.45, 2.75) is 19.1 Å². The fraction of sp³-hybridized carbons (Fsp3) is 0.538. The molecule has 0 radical (unpaired) electrons. The van der Waals surface area contributed by atoms with Crippen molar-refractivity contribution in [2.24, 2.45) is 0 Å². The zero-order valence-corrected chi connectivity index (χ0v) is 13.0. The van der Waals surface area contributed by atoms with E-state index in [1.54, 1.807) is 6.92 Å². The number of rotatable bonds is 2. The van der Waals surface area contributed by atoms with Crippen molar-refractivity contribution in [3.8, 4) is 0 Å². The van der Waals surface area contributed by atoms with Gasteiger partial charge in [0.2, 0.25) is 0 Å². The monoisotopic (exact) mass is 348 g/mol. The molecule has 1 aliphatic heterocycles. The van der Waals surface area contributed by atoms with Gasteiger partial charge in [0, 0.05) is 32.2 Å². The van der Waals surface area contributed by atoms with Crippen molar-refractivity contribution in [3.05, 3.63) is 35.1 Å². The molecule has 0 saturated carbocycles. The van der Waals surface area contributed by atoms with Crippen molar-refractivity contribution < 1.29 is 17.6 Å². The zero-order valence-electron chi connectivity index (χ0n) is 11.4. The number of hydrogen-bond acceptors (Lipinski definition) is 2. The molecule has 122 valence electrons. The summed E-state index contributed by atoms with van der Waals surface area (Å²) in [5.74, 6) is -0.841. The number of nitrogens with zero attached hydrogens (tertiary/aromatic N) is 1. The van der Waals surface area contributed by atoms with Crippen molar-refractivity contribution in [2.75, 3.05) is 26.2 Å². The molecule has 0 amide bonds. The molecule has 0 unspecified atom stereocenters. The maximum absolute atomic E-state index is 13.4. The van der Waals surface area contributed by atoms with Gasteiger partial charge in [0.15, 0.2) is 0 Å². The summed E-state index contributed by atoms with van der Waals surface area (Å²) in [6, 6.07) is 2.53. The second kappa shape index (κ2) is 8.17. The number of hydrogen-bond donors (Lipinski definition) is 1. The number of benzene rings is 1. The second-order valence-corrected chi connectivity index (χ2v) is 4.73. The van der Waals surface area contributed by atoms with Gasteiger partial charge in [-0.05, 0) is 30.7 Å². The van der Waals surface area contributed by atoms with E-state index in [2.05, 4.69) is 5.32 Å². The van der Waals surface area contributed by atoms with Crippen molar-refractivity contribution in [1.82, 2.24) is 10.2 Å². The largest absolute Gasteiger partial charge is 0.416 e. The number of nitrogens with one attached hydrogen (secondary N) is 1. The first-order valence-corrected chi connectivity index (χ1v) is 6.20. The van der Waals surface area contributed by atoms with E-state index in [0.717, 1.165) is 32.2 Å². The molecule has 2 rings (SSSR count). The Hall–Kier alpha value is -0.560. The topological polar surface area (TPSA) is 15.3 Å². The Kier molecular flexibility index (Phi) is 7.95. The fourth-order valence-corrected chi connectivity index (χ4v) is 2.30. The third-order valence-corrected chi connectivity index (χ3v) is 3.43. The lowest BCUT2D eigenvalue weighted by molar-refractivity contribution is -0.137. The van der Waals surface area contributed by atoms with Gasteiger partial charge < -0.3 is 5.32 Å². The first kappa shape index (κ1) is 20.4. The molecule has 1 aromatic carbocycles. The van der Waals surface area contributed by atoms with Crippen LogP contribution in [0.2, 0.25) is 0 Å². The Labute approximate surface area is 133 Å². The highest BCUT2D eigenvalue weighted by atomic mass is 35.5. The molecule has 1 aliphatic rings. The molecule has 21 heavy (non-hydrogen) atoms. The second-order valence-electron chi connectivity index (χ2n) is 4.73. The highest BCUT2D eigenvalue weighted by molar-refractivity contribution is 5.85. The Bertz CT molecular complexity index is 448. The van der Waals surface area contributed by atoms with E-state index in [4.69, 9.17) is 0 Å². The third-order valence-electron chi connectivity index (χ3n) is 3.43. The average Bonchev–Trinajstić information content (AvgIpc) is 2.37. The smallest absolute Gasteiger partial charge is 0.314 e. The van der Waals surface area contributed by atoms with Crippen LogP contribution in [-0.4, -0.2) is 31.1 Å². The van der Waals surface area contributed by atoms with E-state index in [-0.39, 0.29) is 30.9 Å². The van der Waals surface area contributed by atoms with Crippen LogP contribution in [0.15, 0.2) is 18.2 Å². The lowest BCUT2D eigenvalue weighted by Gasteiger charge is -2.33. The van der Waals surface area contributed by atoms with Crippen LogP contribution in [-0.2, 0) is 6.18 Å². The quantitative estimate of drug-likeness (QED) is 0.820. The molecule has 0 aromatic heterocycles. The summed E-state index contributed by atoms with van der Waals surface area (Å²) in [7, 11) is 0. The van der Waals surface area contributed by atoms with Gasteiger partial charge in [-0.1, -0.05) is 0 Å². The predicted octanol–water partition coefficient (Wildman–Crippen LogP) is 3.65. The van der Waals surface area contributed by atoms with Crippen molar-refractivity contribution in [3.63, 3.8) is 0 Å². The van der Waals surface area contributed by atoms with Crippen LogP contribution in [0.25, 0.3) is 0 Å². The SMILES string of the molecule is C[C@H](c1cc(F)cc(C(F)(F)F)c1)N1CCNCC1.Cl.Cl. The van der Waals surface area contributed by atoms with Crippen LogP contribution in [0.3, 0.4) is 0 Å². The molecule has 2 nitrogen and oxygen atoms in total. The zero-order chi connectivity index (χ0) is 14.0. The molecule has 1 aromatic rings. The summed E-state index contributed by atoms with van der Waals surface area (Å²) in [5.41, 5.74) is -0.557. The summed E-state index contributed by atoms with van der Waals surface area (Å²) in [6.07, 6.45) is -4.51. The van der Waals surface area contributed by atoms with Gasteiger partial charge >= 0.3 is 6.18 Å². The molecule has 1 N–H and O–H groups in total.